The fourth-order valence-electron chi connectivity index (χ4n) is 1.52. The number of benzene rings is 1. The molecular weight excluding hydrogens is 220 g/mol. The van der Waals surface area contributed by atoms with Crippen LogP contribution in [0, 0.1) is 0 Å². The number of hydrogen-bond donors (Lipinski definition) is 1. The summed E-state index contributed by atoms with van der Waals surface area (Å²) in [5.41, 5.74) is 0.771. The van der Waals surface area contributed by atoms with Crippen LogP contribution in [0.2, 0.25) is 0 Å². The van der Waals surface area contributed by atoms with Gasteiger partial charge >= 0.3 is 5.97 Å². The maximum absolute atomic E-state index is 12.0. The van der Waals surface area contributed by atoms with E-state index in [4.69, 9.17) is 5.11 Å². The SMILES string of the molecule is O=C(O)Cn1cncc(-c2ccccc2)c1=O. The van der Waals surface area contributed by atoms with Crippen LogP contribution in [0.5, 0.6) is 0 Å². The predicted octanol–water partition coefficient (Wildman–Crippen LogP) is 0.995. The summed E-state index contributed by atoms with van der Waals surface area (Å²) < 4.78 is 1.07. The number of carboxylic acid groups (broad SMARTS) is 1. The van der Waals surface area contributed by atoms with E-state index in [1.807, 2.05) is 18.2 Å². The van der Waals surface area contributed by atoms with Crippen molar-refractivity contribution in [1.82, 2.24) is 9.55 Å². The Balaban J connectivity index is 2.50. The van der Waals surface area contributed by atoms with Crippen molar-refractivity contribution in [3.8, 4) is 11.1 Å². The van der Waals surface area contributed by atoms with Gasteiger partial charge in [0.05, 0.1) is 11.9 Å². The van der Waals surface area contributed by atoms with E-state index < -0.39 is 5.97 Å². The van der Waals surface area contributed by atoms with Crippen LogP contribution >= 0.6 is 0 Å². The van der Waals surface area contributed by atoms with Gasteiger partial charge in [-0.05, 0) is 5.56 Å². The standard InChI is InChI=1S/C12H10N2O3/c15-11(16)7-14-8-13-6-10(12(14)17)9-4-2-1-3-5-9/h1-6,8H,7H2,(H,15,16). The number of hydrogen-bond acceptors (Lipinski definition) is 3. The molecule has 0 spiro atoms. The molecule has 5 heteroatoms. The zero-order chi connectivity index (χ0) is 12.3. The lowest BCUT2D eigenvalue weighted by Crippen LogP contribution is -2.25. The van der Waals surface area contributed by atoms with Crippen molar-refractivity contribution in [2.45, 2.75) is 6.54 Å². The van der Waals surface area contributed by atoms with E-state index in [0.29, 0.717) is 5.56 Å². The molecule has 1 heterocycles. The first-order valence-corrected chi connectivity index (χ1v) is 5.00. The molecule has 1 aromatic heterocycles. The Hall–Kier alpha value is -2.43. The summed E-state index contributed by atoms with van der Waals surface area (Å²) in [6.07, 6.45) is 2.67. The van der Waals surface area contributed by atoms with E-state index in [1.165, 1.54) is 12.5 Å². The number of aliphatic carboxylic acids is 1. The van der Waals surface area contributed by atoms with Crippen molar-refractivity contribution in [3.05, 3.63) is 53.2 Å². The van der Waals surface area contributed by atoms with Crippen LogP contribution in [0.25, 0.3) is 11.1 Å². The number of carbonyl (C=O) groups is 1. The van der Waals surface area contributed by atoms with Gasteiger partial charge in [0.25, 0.3) is 5.56 Å². The van der Waals surface area contributed by atoms with Crippen molar-refractivity contribution >= 4 is 5.97 Å². The molecule has 86 valence electrons. The average Bonchev–Trinajstić information content (AvgIpc) is 2.32. The summed E-state index contributed by atoms with van der Waals surface area (Å²) in [5, 5.41) is 8.67. The number of rotatable bonds is 3. The first-order valence-electron chi connectivity index (χ1n) is 5.00. The molecule has 1 N–H and O–H groups in total. The van der Waals surface area contributed by atoms with Crippen LogP contribution in [-0.2, 0) is 11.3 Å². The topological polar surface area (TPSA) is 72.2 Å². The molecule has 0 radical (unpaired) electrons. The minimum atomic E-state index is -1.07. The monoisotopic (exact) mass is 230 g/mol. The van der Waals surface area contributed by atoms with Crippen molar-refractivity contribution in [2.75, 3.05) is 0 Å². The maximum Gasteiger partial charge on any atom is 0.323 e. The van der Waals surface area contributed by atoms with Crippen molar-refractivity contribution < 1.29 is 9.90 Å². The van der Waals surface area contributed by atoms with E-state index >= 15 is 0 Å². The third-order valence-electron chi connectivity index (χ3n) is 2.29. The van der Waals surface area contributed by atoms with E-state index in [-0.39, 0.29) is 12.1 Å². The molecule has 0 atom stereocenters. The molecule has 0 aliphatic carbocycles. The zero-order valence-electron chi connectivity index (χ0n) is 8.91. The van der Waals surface area contributed by atoms with Crippen LogP contribution < -0.4 is 5.56 Å². The van der Waals surface area contributed by atoms with Crippen LogP contribution in [-0.4, -0.2) is 20.6 Å². The largest absolute Gasteiger partial charge is 0.480 e. The molecule has 0 fully saturated rings. The summed E-state index contributed by atoms with van der Waals surface area (Å²) in [6.45, 7) is -0.382. The third kappa shape index (κ3) is 2.39. The van der Waals surface area contributed by atoms with Gasteiger partial charge in [-0.2, -0.15) is 0 Å². The van der Waals surface area contributed by atoms with E-state index in [0.717, 1.165) is 10.1 Å². The van der Waals surface area contributed by atoms with Gasteiger partial charge in [-0.15, -0.1) is 0 Å². The van der Waals surface area contributed by atoms with Gasteiger partial charge in [0.1, 0.15) is 6.54 Å². The van der Waals surface area contributed by atoms with E-state index in [2.05, 4.69) is 4.98 Å². The van der Waals surface area contributed by atoms with E-state index in [9.17, 15) is 9.59 Å². The Bertz CT molecular complexity index is 590. The molecule has 2 aromatic rings. The lowest BCUT2D eigenvalue weighted by atomic mass is 10.1. The molecule has 0 aliphatic rings. The maximum atomic E-state index is 12.0. The first-order chi connectivity index (χ1) is 8.18. The molecule has 2 rings (SSSR count). The fourth-order valence-corrected chi connectivity index (χ4v) is 1.52. The van der Waals surface area contributed by atoms with E-state index in [1.54, 1.807) is 12.1 Å². The lowest BCUT2D eigenvalue weighted by molar-refractivity contribution is -0.137. The second-order valence-electron chi connectivity index (χ2n) is 3.50. The van der Waals surface area contributed by atoms with Crippen molar-refractivity contribution in [1.29, 1.82) is 0 Å². The van der Waals surface area contributed by atoms with Crippen LogP contribution in [0.1, 0.15) is 0 Å². The molecule has 0 unspecified atom stereocenters. The van der Waals surface area contributed by atoms with Crippen LogP contribution in [0.3, 0.4) is 0 Å². The molecular formula is C12H10N2O3. The Labute approximate surface area is 97.0 Å². The minimum Gasteiger partial charge on any atom is -0.480 e. The molecule has 0 bridgehead atoms. The van der Waals surface area contributed by atoms with Crippen LogP contribution in [0.4, 0.5) is 0 Å². The van der Waals surface area contributed by atoms with Gasteiger partial charge in [0, 0.05) is 6.20 Å². The highest BCUT2D eigenvalue weighted by atomic mass is 16.4. The molecule has 17 heavy (non-hydrogen) atoms. The summed E-state index contributed by atoms with van der Waals surface area (Å²) in [7, 11) is 0. The summed E-state index contributed by atoms with van der Waals surface area (Å²) in [6, 6.07) is 9.02. The number of nitrogens with zero attached hydrogens (tertiary/aromatic N) is 2. The van der Waals surface area contributed by atoms with Crippen molar-refractivity contribution in [2.24, 2.45) is 0 Å². The highest BCUT2D eigenvalue weighted by Crippen LogP contribution is 2.12. The van der Waals surface area contributed by atoms with Crippen molar-refractivity contribution in [3.63, 3.8) is 0 Å². The predicted molar refractivity (Wildman–Crippen MR) is 61.6 cm³/mol. The normalized spacial score (nSPS) is 10.1. The van der Waals surface area contributed by atoms with Gasteiger partial charge in [-0.25, -0.2) is 4.98 Å². The third-order valence-corrected chi connectivity index (χ3v) is 2.29. The van der Waals surface area contributed by atoms with Crippen LogP contribution in [0.15, 0.2) is 47.7 Å². The Morgan fingerprint density at radius 1 is 1.29 bits per heavy atom. The highest BCUT2D eigenvalue weighted by Gasteiger charge is 2.08. The second kappa shape index (κ2) is 4.61. The first kappa shape index (κ1) is 11.1. The Morgan fingerprint density at radius 3 is 2.65 bits per heavy atom. The summed E-state index contributed by atoms with van der Waals surface area (Å²) in [5.74, 6) is -1.07. The van der Waals surface area contributed by atoms with Gasteiger partial charge in [0.2, 0.25) is 0 Å². The summed E-state index contributed by atoms with van der Waals surface area (Å²) >= 11 is 0. The van der Waals surface area contributed by atoms with Gasteiger partial charge in [-0.1, -0.05) is 30.3 Å². The molecule has 0 saturated heterocycles. The Morgan fingerprint density at radius 2 is 2.00 bits per heavy atom. The van der Waals surface area contributed by atoms with Gasteiger partial charge in [0.15, 0.2) is 0 Å². The lowest BCUT2D eigenvalue weighted by Gasteiger charge is -2.04. The highest BCUT2D eigenvalue weighted by molar-refractivity contribution is 5.67. The molecule has 0 saturated carbocycles. The molecule has 5 nitrogen and oxygen atoms in total. The molecule has 0 amide bonds. The minimum absolute atomic E-state index is 0.353. The smallest absolute Gasteiger partial charge is 0.323 e. The van der Waals surface area contributed by atoms with Gasteiger partial charge < -0.3 is 5.11 Å². The second-order valence-corrected chi connectivity index (χ2v) is 3.50. The fraction of sp³-hybridized carbons (Fsp3) is 0.0833. The Kier molecular flexibility index (Phi) is 3.00. The quantitative estimate of drug-likeness (QED) is 0.853. The number of aromatic nitrogens is 2. The van der Waals surface area contributed by atoms with Gasteiger partial charge in [-0.3, -0.25) is 14.2 Å². The zero-order valence-corrected chi connectivity index (χ0v) is 8.91. The molecule has 1 aromatic carbocycles. The average molecular weight is 230 g/mol. The number of carboxylic acids is 1. The molecule has 0 aliphatic heterocycles. The summed E-state index contributed by atoms with van der Waals surface area (Å²) in [4.78, 5) is 26.4.